The topological polar surface area (TPSA) is 97.6 Å². The molecule has 35 heavy (non-hydrogen) atoms. The van der Waals surface area contributed by atoms with E-state index in [4.69, 9.17) is 14.5 Å². The Kier molecular flexibility index (Phi) is 7.48. The molecule has 0 fully saturated rings. The van der Waals surface area contributed by atoms with Gasteiger partial charge in [-0.25, -0.2) is 4.98 Å². The normalized spacial score (nSPS) is 11.3. The zero-order valence-electron chi connectivity index (χ0n) is 20.8. The molecule has 0 saturated heterocycles. The van der Waals surface area contributed by atoms with Gasteiger partial charge in [0.1, 0.15) is 11.5 Å². The molecule has 4 rings (SSSR count). The highest BCUT2D eigenvalue weighted by molar-refractivity contribution is 5.83. The highest BCUT2D eigenvalue weighted by Gasteiger charge is 2.16. The third-order valence-electron chi connectivity index (χ3n) is 5.86. The van der Waals surface area contributed by atoms with Crippen LogP contribution in [0.1, 0.15) is 19.5 Å². The van der Waals surface area contributed by atoms with Gasteiger partial charge in [-0.3, -0.25) is 9.67 Å². The number of hydrogen-bond acceptors (Lipinski definition) is 8. The summed E-state index contributed by atoms with van der Waals surface area (Å²) in [5.41, 5.74) is 5.59. The largest absolute Gasteiger partial charge is 0.497 e. The van der Waals surface area contributed by atoms with E-state index in [0.717, 1.165) is 52.6 Å². The molecule has 2 aromatic heterocycles. The van der Waals surface area contributed by atoms with Crippen LogP contribution in [-0.4, -0.2) is 58.2 Å². The monoisotopic (exact) mass is 476 g/mol. The molecule has 0 amide bonds. The SMILES string of the molecule is COc1cc(OC)cc(N(CCNC(C)C)c2ccc3ncc(-c4cnn(C)c4CO)nc3c2)c1. The van der Waals surface area contributed by atoms with Crippen LogP contribution in [0.2, 0.25) is 0 Å². The van der Waals surface area contributed by atoms with Gasteiger partial charge in [-0.1, -0.05) is 13.8 Å². The second-order valence-electron chi connectivity index (χ2n) is 8.55. The highest BCUT2D eigenvalue weighted by atomic mass is 16.5. The Morgan fingerprint density at radius 2 is 1.74 bits per heavy atom. The third kappa shape index (κ3) is 5.36. The Hall–Kier alpha value is -3.69. The van der Waals surface area contributed by atoms with Crippen molar-refractivity contribution >= 4 is 22.4 Å². The lowest BCUT2D eigenvalue weighted by molar-refractivity contribution is 0.271. The van der Waals surface area contributed by atoms with Gasteiger partial charge in [0.2, 0.25) is 0 Å². The van der Waals surface area contributed by atoms with Crippen LogP contribution in [0.4, 0.5) is 11.4 Å². The number of aryl methyl sites for hydroxylation is 1. The van der Waals surface area contributed by atoms with E-state index in [1.54, 1.807) is 38.3 Å². The number of nitrogens with zero attached hydrogens (tertiary/aromatic N) is 5. The number of ether oxygens (including phenoxy) is 2. The van der Waals surface area contributed by atoms with Crippen molar-refractivity contribution in [3.63, 3.8) is 0 Å². The van der Waals surface area contributed by atoms with Gasteiger partial charge < -0.3 is 24.8 Å². The van der Waals surface area contributed by atoms with E-state index in [2.05, 4.69) is 34.1 Å². The number of aromatic nitrogens is 4. The molecule has 0 saturated carbocycles. The first-order valence-electron chi connectivity index (χ1n) is 11.6. The summed E-state index contributed by atoms with van der Waals surface area (Å²) in [4.78, 5) is 11.7. The molecule has 0 radical (unpaired) electrons. The van der Waals surface area contributed by atoms with Crippen molar-refractivity contribution < 1.29 is 14.6 Å². The summed E-state index contributed by atoms with van der Waals surface area (Å²) in [5, 5.41) is 17.5. The van der Waals surface area contributed by atoms with Gasteiger partial charge in [-0.05, 0) is 18.2 Å². The first-order chi connectivity index (χ1) is 16.9. The molecule has 184 valence electrons. The molecule has 9 nitrogen and oxygen atoms in total. The van der Waals surface area contributed by atoms with Crippen molar-refractivity contribution in [3.05, 3.63) is 54.5 Å². The van der Waals surface area contributed by atoms with E-state index in [1.165, 1.54) is 0 Å². The Labute approximate surface area is 205 Å². The summed E-state index contributed by atoms with van der Waals surface area (Å²) in [7, 11) is 5.10. The van der Waals surface area contributed by atoms with E-state index >= 15 is 0 Å². The molecule has 0 spiro atoms. The smallest absolute Gasteiger partial charge is 0.124 e. The first-order valence-corrected chi connectivity index (χ1v) is 11.6. The van der Waals surface area contributed by atoms with E-state index in [9.17, 15) is 5.11 Å². The third-order valence-corrected chi connectivity index (χ3v) is 5.86. The van der Waals surface area contributed by atoms with Crippen molar-refractivity contribution in [1.29, 1.82) is 0 Å². The summed E-state index contributed by atoms with van der Waals surface area (Å²) >= 11 is 0. The van der Waals surface area contributed by atoms with Gasteiger partial charge in [0, 0.05) is 61.3 Å². The molecule has 0 aliphatic carbocycles. The number of hydrogen-bond donors (Lipinski definition) is 2. The van der Waals surface area contributed by atoms with E-state index in [0.29, 0.717) is 17.4 Å². The number of aliphatic hydroxyl groups excluding tert-OH is 1. The molecule has 0 aliphatic rings. The second-order valence-corrected chi connectivity index (χ2v) is 8.55. The number of methoxy groups -OCH3 is 2. The van der Waals surface area contributed by atoms with E-state index in [1.807, 2.05) is 36.4 Å². The number of rotatable bonds is 10. The van der Waals surface area contributed by atoms with Crippen molar-refractivity contribution in [1.82, 2.24) is 25.1 Å². The molecule has 2 heterocycles. The van der Waals surface area contributed by atoms with Gasteiger partial charge in [-0.2, -0.15) is 5.10 Å². The maximum Gasteiger partial charge on any atom is 0.124 e. The minimum atomic E-state index is -0.125. The molecule has 9 heteroatoms. The quantitative estimate of drug-likeness (QED) is 0.358. The zero-order chi connectivity index (χ0) is 24.9. The predicted octanol–water partition coefficient (Wildman–Crippen LogP) is 3.68. The van der Waals surface area contributed by atoms with E-state index in [-0.39, 0.29) is 6.61 Å². The van der Waals surface area contributed by atoms with Crippen molar-refractivity contribution in [2.75, 3.05) is 32.2 Å². The number of nitrogens with one attached hydrogen (secondary N) is 1. The fourth-order valence-corrected chi connectivity index (χ4v) is 3.98. The lowest BCUT2D eigenvalue weighted by Gasteiger charge is -2.27. The molecule has 2 N–H and O–H groups in total. The van der Waals surface area contributed by atoms with Gasteiger partial charge in [0.25, 0.3) is 0 Å². The summed E-state index contributed by atoms with van der Waals surface area (Å²) in [6, 6.07) is 12.3. The van der Waals surface area contributed by atoms with Crippen molar-refractivity contribution in [3.8, 4) is 22.8 Å². The van der Waals surface area contributed by atoms with Crippen LogP contribution in [0.3, 0.4) is 0 Å². The van der Waals surface area contributed by atoms with Gasteiger partial charge >= 0.3 is 0 Å². The first kappa shape index (κ1) is 24.4. The van der Waals surface area contributed by atoms with Crippen LogP contribution in [0.15, 0.2) is 48.8 Å². The fraction of sp³-hybridized carbons (Fsp3) is 0.346. The molecule has 0 aliphatic heterocycles. The van der Waals surface area contributed by atoms with Gasteiger partial charge in [0.05, 0.1) is 55.6 Å². The van der Waals surface area contributed by atoms with Crippen LogP contribution in [-0.2, 0) is 13.7 Å². The Balaban J connectivity index is 1.78. The maximum absolute atomic E-state index is 9.77. The molecule has 0 unspecified atom stereocenters. The number of fused-ring (bicyclic) bond motifs is 1. The average Bonchev–Trinajstić information content (AvgIpc) is 3.25. The van der Waals surface area contributed by atoms with Gasteiger partial charge in [0.15, 0.2) is 0 Å². The van der Waals surface area contributed by atoms with Crippen LogP contribution < -0.4 is 19.7 Å². The molecule has 0 atom stereocenters. The van der Waals surface area contributed by atoms with Crippen LogP contribution >= 0.6 is 0 Å². The van der Waals surface area contributed by atoms with Crippen LogP contribution in [0, 0.1) is 0 Å². The Bertz CT molecular complexity index is 1280. The van der Waals surface area contributed by atoms with Crippen molar-refractivity contribution in [2.24, 2.45) is 7.05 Å². The Morgan fingerprint density at radius 1 is 1.00 bits per heavy atom. The van der Waals surface area contributed by atoms with E-state index < -0.39 is 0 Å². The number of benzene rings is 2. The predicted molar refractivity (Wildman–Crippen MR) is 137 cm³/mol. The van der Waals surface area contributed by atoms with Crippen LogP contribution in [0.25, 0.3) is 22.3 Å². The molecule has 4 aromatic rings. The second kappa shape index (κ2) is 10.7. The lowest BCUT2D eigenvalue weighted by Crippen LogP contribution is -2.32. The number of anilines is 2. The summed E-state index contributed by atoms with van der Waals surface area (Å²) in [5.74, 6) is 1.44. The molecule has 2 aromatic carbocycles. The zero-order valence-corrected chi connectivity index (χ0v) is 20.8. The standard InChI is InChI=1S/C26H32N6O3/c1-17(2)27-8-9-32(19-10-20(34-4)13-21(11-19)35-5)18-6-7-23-24(12-18)30-25(15-28-23)22-14-29-31(3)26(22)16-33/h6-7,10-15,17,27,33H,8-9,16H2,1-5H3. The molecular formula is C26H32N6O3. The maximum atomic E-state index is 9.77. The van der Waals surface area contributed by atoms with Gasteiger partial charge in [-0.15, -0.1) is 0 Å². The number of aliphatic hydroxyl groups is 1. The summed E-state index contributed by atoms with van der Waals surface area (Å²) < 4.78 is 12.7. The summed E-state index contributed by atoms with van der Waals surface area (Å²) in [6.07, 6.45) is 3.42. The Morgan fingerprint density at radius 3 is 2.40 bits per heavy atom. The molecule has 0 bridgehead atoms. The van der Waals surface area contributed by atoms with Crippen LogP contribution in [0.5, 0.6) is 11.5 Å². The molecular weight excluding hydrogens is 444 g/mol. The minimum absolute atomic E-state index is 0.125. The summed E-state index contributed by atoms with van der Waals surface area (Å²) in [6.45, 7) is 5.65. The van der Waals surface area contributed by atoms with Crippen molar-refractivity contribution in [2.45, 2.75) is 26.5 Å². The lowest BCUT2D eigenvalue weighted by atomic mass is 10.1. The highest BCUT2D eigenvalue weighted by Crippen LogP contribution is 2.34. The fourth-order valence-electron chi connectivity index (χ4n) is 3.98. The minimum Gasteiger partial charge on any atom is -0.497 e. The average molecular weight is 477 g/mol.